The zero-order valence-electron chi connectivity index (χ0n) is 25.3. The van der Waals surface area contributed by atoms with Gasteiger partial charge in [-0.25, -0.2) is 18.9 Å². The molecule has 11 heteroatoms. The fourth-order valence-electron chi connectivity index (χ4n) is 8.20. The summed E-state index contributed by atoms with van der Waals surface area (Å²) in [6.07, 6.45) is 6.89. The summed E-state index contributed by atoms with van der Waals surface area (Å²) in [5.41, 5.74) is 3.93. The van der Waals surface area contributed by atoms with Crippen molar-refractivity contribution >= 4 is 34.2 Å². The van der Waals surface area contributed by atoms with Gasteiger partial charge in [-0.15, -0.1) is 5.10 Å². The van der Waals surface area contributed by atoms with E-state index < -0.39 is 0 Å². The van der Waals surface area contributed by atoms with E-state index in [0.29, 0.717) is 64.3 Å². The van der Waals surface area contributed by atoms with E-state index in [4.69, 9.17) is 14.8 Å². The van der Waals surface area contributed by atoms with Crippen molar-refractivity contribution in [3.8, 4) is 17.1 Å². The highest BCUT2D eigenvalue weighted by Crippen LogP contribution is 2.64. The molecule has 10 nitrogen and oxygen atoms in total. The molecule has 2 N–H and O–H groups in total. The van der Waals surface area contributed by atoms with Gasteiger partial charge in [-0.05, 0) is 105 Å². The van der Waals surface area contributed by atoms with Crippen molar-refractivity contribution in [2.24, 2.45) is 29.6 Å². The molecular weight excluding hydrogens is 573 g/mol. The number of nitrogens with zero attached hydrogens (tertiary/aromatic N) is 5. The molecule has 2 unspecified atom stereocenters. The van der Waals surface area contributed by atoms with Crippen molar-refractivity contribution in [1.29, 1.82) is 0 Å². The molecule has 4 aromatic heterocycles. The average molecular weight is 608 g/mol. The molecule has 0 aliphatic heterocycles. The van der Waals surface area contributed by atoms with Gasteiger partial charge < -0.3 is 19.9 Å². The lowest BCUT2D eigenvalue weighted by molar-refractivity contribution is -0.155. The molecule has 4 aliphatic rings. The summed E-state index contributed by atoms with van der Waals surface area (Å²) in [5.74, 6) is 1.80. The second-order valence-electron chi connectivity index (χ2n) is 12.5. The molecule has 4 aliphatic carbocycles. The fourth-order valence-corrected chi connectivity index (χ4v) is 8.20. The molecule has 45 heavy (non-hydrogen) atoms. The number of halogens is 1. The van der Waals surface area contributed by atoms with Crippen LogP contribution < -0.4 is 10.6 Å². The number of hydrogen-bond acceptors (Lipinski definition) is 7. The second-order valence-corrected chi connectivity index (χ2v) is 12.5. The molecule has 4 heterocycles. The number of pyridine rings is 1. The summed E-state index contributed by atoms with van der Waals surface area (Å²) in [7, 11) is 1.59. The van der Waals surface area contributed by atoms with Crippen molar-refractivity contribution in [1.82, 2.24) is 29.5 Å². The Kier molecular flexibility index (Phi) is 6.40. The number of benzene rings is 1. The number of carbonyl (C=O) groups is 2. The number of rotatable bonds is 7. The molecule has 0 spiro atoms. The summed E-state index contributed by atoms with van der Waals surface area (Å²) in [5, 5.41) is 12.1. The smallest absolute Gasteiger partial charge is 0.311 e. The highest BCUT2D eigenvalue weighted by Gasteiger charge is 2.63. The molecule has 6 atom stereocenters. The summed E-state index contributed by atoms with van der Waals surface area (Å²) in [4.78, 5) is 36.1. The molecule has 0 radical (unpaired) electrons. The van der Waals surface area contributed by atoms with E-state index in [9.17, 15) is 14.0 Å². The standard InChI is InChI=1S/C34H34FN7O3/c1-4-45-34(44)28-19-8-9-20(23-15-22(19)23)29(28)38-31-26-11-12-27(33(43)36-3)42(26)40-30(39-31)24-16-41(32-21(24)6-5-13-37-32)25-10-7-18(35)14-17(25)2/h5-7,10-14,16,19-20,22-23,28-29H,4,8-9,15H2,1-3H3,(H,36,43)(H,38,39,40)/t19-,20+,22?,23?,28-,29-/m0/s1. The lowest BCUT2D eigenvalue weighted by Crippen LogP contribution is -2.53. The van der Waals surface area contributed by atoms with Crippen LogP contribution in [-0.4, -0.2) is 55.7 Å². The summed E-state index contributed by atoms with van der Waals surface area (Å²) in [6, 6.07) is 11.9. The Bertz CT molecular complexity index is 2000. The first kappa shape index (κ1) is 27.7. The third-order valence-corrected chi connectivity index (χ3v) is 10.2. The van der Waals surface area contributed by atoms with E-state index in [1.54, 1.807) is 29.9 Å². The van der Waals surface area contributed by atoms with Crippen molar-refractivity contribution in [2.75, 3.05) is 19.0 Å². The number of anilines is 1. The third kappa shape index (κ3) is 4.31. The molecule has 4 saturated carbocycles. The summed E-state index contributed by atoms with van der Waals surface area (Å²) in [6.45, 7) is 4.05. The first-order chi connectivity index (χ1) is 21.9. The second kappa shape index (κ2) is 10.4. The fraction of sp³-hybridized carbons (Fsp3) is 0.382. The van der Waals surface area contributed by atoms with Gasteiger partial charge in [0.1, 0.15) is 22.7 Å². The van der Waals surface area contributed by atoms with E-state index in [1.807, 2.05) is 42.8 Å². The van der Waals surface area contributed by atoms with Gasteiger partial charge in [0.05, 0.1) is 18.2 Å². The molecule has 5 aromatic rings. The van der Waals surface area contributed by atoms with Gasteiger partial charge in [-0.1, -0.05) is 0 Å². The monoisotopic (exact) mass is 607 g/mol. The van der Waals surface area contributed by atoms with Crippen LogP contribution in [0.1, 0.15) is 42.2 Å². The Labute approximate surface area is 259 Å². The molecule has 1 amide bonds. The minimum atomic E-state index is -0.310. The van der Waals surface area contributed by atoms with Crippen LogP contribution in [0.5, 0.6) is 0 Å². The lowest BCUT2D eigenvalue weighted by atomic mass is 9.61. The first-order valence-electron chi connectivity index (χ1n) is 15.7. The van der Waals surface area contributed by atoms with Gasteiger partial charge in [-0.2, -0.15) is 0 Å². The van der Waals surface area contributed by atoms with Gasteiger partial charge in [0.25, 0.3) is 5.91 Å². The number of ether oxygens (including phenoxy) is 1. The largest absolute Gasteiger partial charge is 0.466 e. The van der Waals surface area contributed by atoms with Crippen molar-refractivity contribution in [2.45, 2.75) is 39.2 Å². The Morgan fingerprint density at radius 3 is 2.71 bits per heavy atom. The number of carbonyl (C=O) groups excluding carboxylic acids is 2. The van der Waals surface area contributed by atoms with Gasteiger partial charge in [0.2, 0.25) is 0 Å². The maximum Gasteiger partial charge on any atom is 0.311 e. The highest BCUT2D eigenvalue weighted by atomic mass is 19.1. The van der Waals surface area contributed by atoms with Gasteiger partial charge in [0, 0.05) is 36.4 Å². The number of amides is 1. The van der Waals surface area contributed by atoms with Crippen LogP contribution in [0.25, 0.3) is 33.6 Å². The first-order valence-corrected chi connectivity index (χ1v) is 15.7. The molecule has 2 bridgehead atoms. The minimum absolute atomic E-state index is 0.138. The molecule has 1 aromatic carbocycles. The van der Waals surface area contributed by atoms with Crippen LogP contribution in [0.15, 0.2) is 54.9 Å². The van der Waals surface area contributed by atoms with Crippen LogP contribution in [-0.2, 0) is 9.53 Å². The number of aryl methyl sites for hydroxylation is 1. The normalized spacial score (nSPS) is 24.9. The number of hydrogen-bond donors (Lipinski definition) is 2. The Morgan fingerprint density at radius 1 is 1.09 bits per heavy atom. The SMILES string of the molecule is CCOC(=O)[C@@H]1[C@@H](Nc2nc(-c3cn(-c4ccc(F)cc4C)c4ncccc34)nn3c(C(=O)NC)ccc23)[C@@H]2CC[C@H]1C1CC12. The summed E-state index contributed by atoms with van der Waals surface area (Å²) >= 11 is 0. The quantitative estimate of drug-likeness (QED) is 0.245. The van der Waals surface area contributed by atoms with E-state index >= 15 is 0 Å². The van der Waals surface area contributed by atoms with E-state index in [-0.39, 0.29) is 29.7 Å². The van der Waals surface area contributed by atoms with E-state index in [1.165, 1.54) is 12.1 Å². The van der Waals surface area contributed by atoms with Gasteiger partial charge in [-0.3, -0.25) is 9.59 Å². The number of esters is 1. The predicted molar refractivity (Wildman–Crippen MR) is 166 cm³/mol. The van der Waals surface area contributed by atoms with Crippen molar-refractivity contribution in [3.05, 3.63) is 71.9 Å². The van der Waals surface area contributed by atoms with Crippen LogP contribution in [0, 0.1) is 42.3 Å². The maximum absolute atomic E-state index is 14.0. The molecular formula is C34H34FN7O3. The molecule has 230 valence electrons. The topological polar surface area (TPSA) is 115 Å². The highest BCUT2D eigenvalue weighted by molar-refractivity contribution is 5.96. The summed E-state index contributed by atoms with van der Waals surface area (Å²) < 4.78 is 23.2. The van der Waals surface area contributed by atoms with Crippen LogP contribution in [0.3, 0.4) is 0 Å². The molecule has 4 fully saturated rings. The zero-order chi connectivity index (χ0) is 31.0. The Hall–Kier alpha value is -4.80. The maximum atomic E-state index is 14.0. The number of aromatic nitrogens is 5. The van der Waals surface area contributed by atoms with Crippen molar-refractivity contribution in [3.63, 3.8) is 0 Å². The minimum Gasteiger partial charge on any atom is -0.466 e. The van der Waals surface area contributed by atoms with Crippen LogP contribution >= 0.6 is 0 Å². The predicted octanol–water partition coefficient (Wildman–Crippen LogP) is 5.18. The van der Waals surface area contributed by atoms with Crippen LogP contribution in [0.2, 0.25) is 0 Å². The third-order valence-electron chi connectivity index (χ3n) is 10.2. The Balaban J connectivity index is 1.30. The van der Waals surface area contributed by atoms with Gasteiger partial charge in [0.15, 0.2) is 11.6 Å². The number of fused-ring (bicyclic) bond motifs is 4. The Morgan fingerprint density at radius 2 is 1.91 bits per heavy atom. The number of nitrogens with one attached hydrogen (secondary N) is 2. The zero-order valence-corrected chi connectivity index (χ0v) is 25.3. The average Bonchev–Trinajstić information content (AvgIpc) is 3.63. The van der Waals surface area contributed by atoms with E-state index in [0.717, 1.165) is 35.9 Å². The van der Waals surface area contributed by atoms with Gasteiger partial charge >= 0.3 is 5.97 Å². The van der Waals surface area contributed by atoms with Crippen molar-refractivity contribution < 1.29 is 18.7 Å². The molecule has 9 rings (SSSR count). The molecule has 0 saturated heterocycles. The van der Waals surface area contributed by atoms with E-state index in [2.05, 4.69) is 15.6 Å². The lowest BCUT2D eigenvalue weighted by Gasteiger charge is -2.47. The van der Waals surface area contributed by atoms with Crippen LogP contribution in [0.4, 0.5) is 10.2 Å².